The van der Waals surface area contributed by atoms with Crippen LogP contribution in [0.3, 0.4) is 0 Å². The predicted molar refractivity (Wildman–Crippen MR) is 93.0 cm³/mol. The van der Waals surface area contributed by atoms with E-state index < -0.39 is 5.91 Å². The van der Waals surface area contributed by atoms with Crippen LogP contribution in [0.25, 0.3) is 0 Å². The number of benzene rings is 1. The largest absolute Gasteiger partial charge is 0.494 e. The molecule has 1 aromatic rings. The van der Waals surface area contributed by atoms with E-state index in [0.29, 0.717) is 6.61 Å². The Hall–Kier alpha value is -2.37. The van der Waals surface area contributed by atoms with Crippen molar-refractivity contribution in [3.8, 4) is 5.75 Å². The Kier molecular flexibility index (Phi) is 7.26. The minimum absolute atomic E-state index is 0.197. The van der Waals surface area contributed by atoms with Gasteiger partial charge in [-0.15, -0.1) is 0 Å². The van der Waals surface area contributed by atoms with Gasteiger partial charge in [-0.05, 0) is 49.6 Å². The van der Waals surface area contributed by atoms with E-state index in [4.69, 9.17) is 4.74 Å². The van der Waals surface area contributed by atoms with Crippen LogP contribution in [0.1, 0.15) is 51.0 Å². The second kappa shape index (κ2) is 9.70. The standard InChI is InChI=1S/C18H25N3O3/c1-2-24-16-10-8-14(9-11-16)13-19-21-18(23)12-17(22)20-15-6-4-3-5-7-15/h8-11,13,15H,2-7,12H2,1H3,(H,20,22)(H,21,23)/b19-13-. The van der Waals surface area contributed by atoms with Gasteiger partial charge in [0.05, 0.1) is 12.8 Å². The minimum Gasteiger partial charge on any atom is -0.494 e. The highest BCUT2D eigenvalue weighted by Gasteiger charge is 2.17. The molecule has 1 fully saturated rings. The third-order valence-corrected chi connectivity index (χ3v) is 3.89. The highest BCUT2D eigenvalue weighted by atomic mass is 16.5. The molecule has 2 N–H and O–H groups in total. The van der Waals surface area contributed by atoms with E-state index in [2.05, 4.69) is 15.8 Å². The molecule has 1 aliphatic rings. The average molecular weight is 331 g/mol. The first kappa shape index (κ1) is 18.0. The highest BCUT2D eigenvalue weighted by Crippen LogP contribution is 2.17. The fourth-order valence-electron chi connectivity index (χ4n) is 2.71. The Labute approximate surface area is 142 Å². The Morgan fingerprint density at radius 3 is 2.54 bits per heavy atom. The molecule has 130 valence electrons. The van der Waals surface area contributed by atoms with E-state index in [9.17, 15) is 9.59 Å². The van der Waals surface area contributed by atoms with Crippen molar-refractivity contribution in [1.82, 2.24) is 10.7 Å². The number of hydrazone groups is 1. The van der Waals surface area contributed by atoms with Gasteiger partial charge in [0.15, 0.2) is 0 Å². The van der Waals surface area contributed by atoms with Crippen LogP contribution in [0.2, 0.25) is 0 Å². The molecule has 0 radical (unpaired) electrons. The van der Waals surface area contributed by atoms with Crippen molar-refractivity contribution in [1.29, 1.82) is 0 Å². The van der Waals surface area contributed by atoms with Crippen LogP contribution in [0.4, 0.5) is 0 Å². The molecule has 0 aromatic heterocycles. The zero-order chi connectivity index (χ0) is 17.2. The molecule has 1 aromatic carbocycles. The van der Waals surface area contributed by atoms with Gasteiger partial charge in [0.2, 0.25) is 11.8 Å². The van der Waals surface area contributed by atoms with Crippen molar-refractivity contribution in [3.63, 3.8) is 0 Å². The monoisotopic (exact) mass is 331 g/mol. The molecule has 0 bridgehead atoms. The lowest BCUT2D eigenvalue weighted by atomic mass is 9.95. The van der Waals surface area contributed by atoms with Crippen LogP contribution in [0, 0.1) is 0 Å². The van der Waals surface area contributed by atoms with E-state index in [1.807, 2.05) is 31.2 Å². The van der Waals surface area contributed by atoms with Crippen LogP contribution < -0.4 is 15.5 Å². The maximum Gasteiger partial charge on any atom is 0.249 e. The van der Waals surface area contributed by atoms with Gasteiger partial charge in [0.1, 0.15) is 12.2 Å². The number of rotatable bonds is 7. The van der Waals surface area contributed by atoms with Gasteiger partial charge < -0.3 is 10.1 Å². The summed E-state index contributed by atoms with van der Waals surface area (Å²) in [5.41, 5.74) is 3.22. The fourth-order valence-corrected chi connectivity index (χ4v) is 2.71. The number of nitrogens with zero attached hydrogens (tertiary/aromatic N) is 1. The van der Waals surface area contributed by atoms with Gasteiger partial charge in [0.25, 0.3) is 0 Å². The molecule has 2 amide bonds. The molecule has 0 spiro atoms. The maximum atomic E-state index is 11.8. The summed E-state index contributed by atoms with van der Waals surface area (Å²) in [4.78, 5) is 23.5. The van der Waals surface area contributed by atoms with E-state index >= 15 is 0 Å². The molecule has 0 unspecified atom stereocenters. The smallest absolute Gasteiger partial charge is 0.249 e. The molecule has 2 rings (SSSR count). The highest BCUT2D eigenvalue weighted by molar-refractivity contribution is 5.97. The van der Waals surface area contributed by atoms with Gasteiger partial charge in [0, 0.05) is 6.04 Å². The lowest BCUT2D eigenvalue weighted by Crippen LogP contribution is -2.38. The first-order chi connectivity index (χ1) is 11.7. The van der Waals surface area contributed by atoms with Crippen LogP contribution in [-0.2, 0) is 9.59 Å². The molecule has 1 aliphatic carbocycles. The quantitative estimate of drug-likeness (QED) is 0.457. The number of hydrogen-bond acceptors (Lipinski definition) is 4. The van der Waals surface area contributed by atoms with Gasteiger partial charge in [-0.3, -0.25) is 9.59 Å². The van der Waals surface area contributed by atoms with Crippen molar-refractivity contribution in [2.45, 2.75) is 51.5 Å². The molecular formula is C18H25N3O3. The molecular weight excluding hydrogens is 306 g/mol. The van der Waals surface area contributed by atoms with Crippen LogP contribution >= 0.6 is 0 Å². The van der Waals surface area contributed by atoms with Gasteiger partial charge in [-0.1, -0.05) is 19.3 Å². The zero-order valence-electron chi connectivity index (χ0n) is 14.1. The Morgan fingerprint density at radius 2 is 1.88 bits per heavy atom. The van der Waals surface area contributed by atoms with E-state index in [1.165, 1.54) is 12.6 Å². The van der Waals surface area contributed by atoms with Crippen molar-refractivity contribution in [3.05, 3.63) is 29.8 Å². The SMILES string of the molecule is CCOc1ccc(/C=N\NC(=O)CC(=O)NC2CCCCC2)cc1. The maximum absolute atomic E-state index is 11.8. The molecule has 24 heavy (non-hydrogen) atoms. The van der Waals surface area contributed by atoms with Gasteiger partial charge in [-0.25, -0.2) is 5.43 Å². The normalized spacial score (nSPS) is 15.2. The molecule has 0 saturated heterocycles. The molecule has 0 heterocycles. The Bertz CT molecular complexity index is 563. The van der Waals surface area contributed by atoms with E-state index in [0.717, 1.165) is 37.0 Å². The van der Waals surface area contributed by atoms with Crippen LogP contribution in [0.15, 0.2) is 29.4 Å². The number of carbonyl (C=O) groups is 2. The molecule has 6 nitrogen and oxygen atoms in total. The molecule has 0 aliphatic heterocycles. The van der Waals surface area contributed by atoms with Crippen molar-refractivity contribution >= 4 is 18.0 Å². The summed E-state index contributed by atoms with van der Waals surface area (Å²) in [6.07, 6.45) is 6.86. The second-order valence-corrected chi connectivity index (χ2v) is 5.87. The van der Waals surface area contributed by atoms with Crippen LogP contribution in [0.5, 0.6) is 5.75 Å². The van der Waals surface area contributed by atoms with Crippen molar-refractivity contribution < 1.29 is 14.3 Å². The summed E-state index contributed by atoms with van der Waals surface area (Å²) in [5.74, 6) is 0.138. The number of carbonyl (C=O) groups excluding carboxylic acids is 2. The summed E-state index contributed by atoms with van der Waals surface area (Å²) in [7, 11) is 0. The lowest BCUT2D eigenvalue weighted by molar-refractivity contribution is -0.129. The second-order valence-electron chi connectivity index (χ2n) is 5.87. The number of nitrogens with one attached hydrogen (secondary N) is 2. The van der Waals surface area contributed by atoms with E-state index in [1.54, 1.807) is 0 Å². The van der Waals surface area contributed by atoms with Crippen molar-refractivity contribution in [2.24, 2.45) is 5.10 Å². The third-order valence-electron chi connectivity index (χ3n) is 3.89. The van der Waals surface area contributed by atoms with Crippen molar-refractivity contribution in [2.75, 3.05) is 6.61 Å². The number of hydrogen-bond donors (Lipinski definition) is 2. The first-order valence-corrected chi connectivity index (χ1v) is 8.51. The Morgan fingerprint density at radius 1 is 1.17 bits per heavy atom. The van der Waals surface area contributed by atoms with Gasteiger partial charge >= 0.3 is 0 Å². The fraction of sp³-hybridized carbons (Fsp3) is 0.500. The average Bonchev–Trinajstić information content (AvgIpc) is 2.57. The summed E-state index contributed by atoms with van der Waals surface area (Å²) < 4.78 is 5.35. The van der Waals surface area contributed by atoms with E-state index in [-0.39, 0.29) is 18.4 Å². The zero-order valence-corrected chi connectivity index (χ0v) is 14.1. The van der Waals surface area contributed by atoms with Crippen LogP contribution in [-0.4, -0.2) is 30.7 Å². The summed E-state index contributed by atoms with van der Waals surface area (Å²) in [5, 5.41) is 6.78. The molecule has 6 heteroatoms. The predicted octanol–water partition coefficient (Wildman–Crippen LogP) is 2.37. The number of ether oxygens (including phenoxy) is 1. The lowest BCUT2D eigenvalue weighted by Gasteiger charge is -2.22. The Balaban J connectivity index is 1.70. The summed E-state index contributed by atoms with van der Waals surface area (Å²) >= 11 is 0. The summed E-state index contributed by atoms with van der Waals surface area (Å²) in [6, 6.07) is 7.58. The third kappa shape index (κ3) is 6.40. The molecule has 0 atom stereocenters. The number of amides is 2. The summed E-state index contributed by atoms with van der Waals surface area (Å²) in [6.45, 7) is 2.54. The minimum atomic E-state index is -0.412. The topological polar surface area (TPSA) is 79.8 Å². The first-order valence-electron chi connectivity index (χ1n) is 8.51. The van der Waals surface area contributed by atoms with Gasteiger partial charge in [-0.2, -0.15) is 5.10 Å². The molecule has 1 saturated carbocycles.